The molecule has 0 bridgehead atoms. The van der Waals surface area contributed by atoms with Crippen LogP contribution < -0.4 is 0 Å². The molecule has 0 aliphatic carbocycles. The lowest BCUT2D eigenvalue weighted by atomic mass is 10.1. The van der Waals surface area contributed by atoms with Gasteiger partial charge in [0.1, 0.15) is 0 Å². The van der Waals surface area contributed by atoms with Crippen molar-refractivity contribution in [3.05, 3.63) is 0 Å². The molecule has 0 aromatic carbocycles. The van der Waals surface area contributed by atoms with Crippen molar-refractivity contribution >= 4 is 0 Å². The predicted molar refractivity (Wildman–Crippen MR) is 88.3 cm³/mol. The highest BCUT2D eigenvalue weighted by Gasteiger charge is 1.99. The molecule has 0 saturated heterocycles. The Kier molecular flexibility index (Phi) is 24.4. The topological polar surface area (TPSA) is 80.9 Å². The minimum absolute atomic E-state index is 0.0911. The van der Waals surface area contributed by atoms with Gasteiger partial charge in [-0.1, -0.05) is 64.7 Å². The molecule has 0 fully saturated rings. The number of hydrogen-bond donors (Lipinski definition) is 4. The van der Waals surface area contributed by atoms with Crippen LogP contribution in [0, 0.1) is 0 Å². The molecular formula is C17H38O4. The summed E-state index contributed by atoms with van der Waals surface area (Å²) >= 11 is 0. The fraction of sp³-hybridized carbons (Fsp3) is 1.00. The Morgan fingerprint density at radius 1 is 0.619 bits per heavy atom. The van der Waals surface area contributed by atoms with E-state index in [2.05, 4.69) is 6.92 Å². The number of aliphatic hydroxyl groups excluding tert-OH is 4. The highest BCUT2D eigenvalue weighted by atomic mass is 16.3. The van der Waals surface area contributed by atoms with Gasteiger partial charge < -0.3 is 20.4 Å². The molecule has 21 heavy (non-hydrogen) atoms. The molecule has 130 valence electrons. The molecule has 0 aliphatic heterocycles. The van der Waals surface area contributed by atoms with Gasteiger partial charge in [-0.15, -0.1) is 0 Å². The van der Waals surface area contributed by atoms with Gasteiger partial charge in [-0.25, -0.2) is 0 Å². The molecule has 4 heteroatoms. The Labute approximate surface area is 131 Å². The van der Waals surface area contributed by atoms with Crippen LogP contribution in [0.3, 0.4) is 0 Å². The molecule has 0 saturated carbocycles. The Morgan fingerprint density at radius 3 is 1.43 bits per heavy atom. The monoisotopic (exact) mass is 306 g/mol. The van der Waals surface area contributed by atoms with Crippen LogP contribution in [0.5, 0.6) is 0 Å². The third-order valence-electron chi connectivity index (χ3n) is 3.42. The molecule has 0 aromatic heterocycles. The summed E-state index contributed by atoms with van der Waals surface area (Å²) in [6.45, 7) is 2.72. The zero-order chi connectivity index (χ0) is 16.2. The van der Waals surface area contributed by atoms with E-state index in [1.165, 1.54) is 38.5 Å². The minimum atomic E-state index is -0.489. The molecular weight excluding hydrogens is 268 g/mol. The summed E-state index contributed by atoms with van der Waals surface area (Å²) in [7, 11) is 0. The third kappa shape index (κ3) is 25.2. The summed E-state index contributed by atoms with van der Waals surface area (Å²) in [5.74, 6) is 0. The van der Waals surface area contributed by atoms with Crippen molar-refractivity contribution in [2.75, 3.05) is 19.8 Å². The molecule has 4 nitrogen and oxygen atoms in total. The van der Waals surface area contributed by atoms with Crippen molar-refractivity contribution in [3.63, 3.8) is 0 Å². The van der Waals surface area contributed by atoms with Crippen LogP contribution in [0.15, 0.2) is 0 Å². The van der Waals surface area contributed by atoms with Gasteiger partial charge in [0.25, 0.3) is 0 Å². The van der Waals surface area contributed by atoms with Crippen LogP contribution in [0.4, 0.5) is 0 Å². The van der Waals surface area contributed by atoms with Gasteiger partial charge in [-0.05, 0) is 19.3 Å². The zero-order valence-electron chi connectivity index (χ0n) is 14.0. The number of hydrogen-bond acceptors (Lipinski definition) is 4. The molecule has 0 heterocycles. The second-order valence-corrected chi connectivity index (χ2v) is 5.61. The van der Waals surface area contributed by atoms with Gasteiger partial charge in [0, 0.05) is 13.2 Å². The van der Waals surface area contributed by atoms with E-state index in [0.29, 0.717) is 13.2 Å². The Morgan fingerprint density at radius 2 is 1.05 bits per heavy atom. The van der Waals surface area contributed by atoms with Crippen LogP contribution in [0.25, 0.3) is 0 Å². The molecule has 0 amide bonds. The summed E-state index contributed by atoms with van der Waals surface area (Å²) in [4.78, 5) is 0. The van der Waals surface area contributed by atoms with E-state index in [9.17, 15) is 0 Å². The summed E-state index contributed by atoms with van der Waals surface area (Å²) in [5.41, 5.74) is 0. The van der Waals surface area contributed by atoms with E-state index < -0.39 is 6.10 Å². The summed E-state index contributed by atoms with van der Waals surface area (Å²) < 4.78 is 0. The first kappa shape index (κ1) is 23.1. The molecule has 1 unspecified atom stereocenters. The lowest BCUT2D eigenvalue weighted by molar-refractivity contribution is 0.0860. The first-order valence-electron chi connectivity index (χ1n) is 8.73. The summed E-state index contributed by atoms with van der Waals surface area (Å²) in [6, 6.07) is 0. The van der Waals surface area contributed by atoms with Gasteiger partial charge in [0.2, 0.25) is 0 Å². The van der Waals surface area contributed by atoms with Crippen LogP contribution >= 0.6 is 0 Å². The minimum Gasteiger partial charge on any atom is -0.396 e. The van der Waals surface area contributed by atoms with E-state index in [0.717, 1.165) is 38.5 Å². The van der Waals surface area contributed by atoms with Crippen molar-refractivity contribution < 1.29 is 20.4 Å². The highest BCUT2D eigenvalue weighted by molar-refractivity contribution is 4.52. The van der Waals surface area contributed by atoms with E-state index in [1.807, 2.05) is 0 Å². The predicted octanol–water partition coefficient (Wildman–Crippen LogP) is 3.01. The number of rotatable bonds is 14. The van der Waals surface area contributed by atoms with Crippen molar-refractivity contribution in [2.45, 2.75) is 90.1 Å². The van der Waals surface area contributed by atoms with Crippen molar-refractivity contribution in [1.82, 2.24) is 0 Å². The van der Waals surface area contributed by atoms with Crippen molar-refractivity contribution in [1.29, 1.82) is 0 Å². The second kappa shape index (κ2) is 22.1. The second-order valence-electron chi connectivity index (χ2n) is 5.61. The Hall–Kier alpha value is -0.160. The standard InChI is InChI=1S/C9H20O2.C8H18O2/c10-8-6-4-2-1-3-5-7-9-11;1-2-3-4-5-6-8(10)7-9/h10-11H,1-9H2;8-10H,2-7H2,1H3. The lowest BCUT2D eigenvalue weighted by Gasteiger charge is -2.04. The highest BCUT2D eigenvalue weighted by Crippen LogP contribution is 2.06. The third-order valence-corrected chi connectivity index (χ3v) is 3.42. The number of aliphatic hydroxyl groups is 4. The molecule has 0 aromatic rings. The summed E-state index contributed by atoms with van der Waals surface area (Å²) in [6.07, 6.45) is 12.8. The Balaban J connectivity index is 0. The normalized spacial score (nSPS) is 11.9. The van der Waals surface area contributed by atoms with Gasteiger partial charge in [0.05, 0.1) is 12.7 Å². The molecule has 0 radical (unpaired) electrons. The first-order chi connectivity index (χ1) is 10.2. The van der Waals surface area contributed by atoms with E-state index >= 15 is 0 Å². The van der Waals surface area contributed by atoms with E-state index in [-0.39, 0.29) is 6.61 Å². The molecule has 0 rings (SSSR count). The SMILES string of the molecule is CCCCCCC(O)CO.OCCCCCCCCCO. The quantitative estimate of drug-likeness (QED) is 0.372. The van der Waals surface area contributed by atoms with Gasteiger partial charge in [0.15, 0.2) is 0 Å². The average molecular weight is 306 g/mol. The van der Waals surface area contributed by atoms with E-state index in [1.54, 1.807) is 0 Å². The number of unbranched alkanes of at least 4 members (excludes halogenated alkanes) is 9. The lowest BCUT2D eigenvalue weighted by Crippen LogP contribution is -2.10. The van der Waals surface area contributed by atoms with Crippen LogP contribution in [0.1, 0.15) is 84.0 Å². The fourth-order valence-electron chi connectivity index (χ4n) is 2.01. The summed E-state index contributed by atoms with van der Waals surface area (Å²) in [5, 5.41) is 34.3. The molecule has 0 aliphatic rings. The van der Waals surface area contributed by atoms with Crippen LogP contribution in [-0.2, 0) is 0 Å². The Bertz CT molecular complexity index is 157. The van der Waals surface area contributed by atoms with Crippen molar-refractivity contribution in [3.8, 4) is 0 Å². The maximum absolute atomic E-state index is 8.91. The zero-order valence-corrected chi connectivity index (χ0v) is 14.0. The molecule has 4 N–H and O–H groups in total. The van der Waals surface area contributed by atoms with Gasteiger partial charge in [-0.2, -0.15) is 0 Å². The van der Waals surface area contributed by atoms with Crippen molar-refractivity contribution in [2.24, 2.45) is 0 Å². The molecule has 0 spiro atoms. The molecule has 1 atom stereocenters. The van der Waals surface area contributed by atoms with E-state index in [4.69, 9.17) is 20.4 Å². The van der Waals surface area contributed by atoms with Gasteiger partial charge in [-0.3, -0.25) is 0 Å². The maximum atomic E-state index is 8.91. The van der Waals surface area contributed by atoms with Crippen LogP contribution in [0.2, 0.25) is 0 Å². The largest absolute Gasteiger partial charge is 0.396 e. The maximum Gasteiger partial charge on any atom is 0.0770 e. The van der Waals surface area contributed by atoms with Gasteiger partial charge >= 0.3 is 0 Å². The van der Waals surface area contributed by atoms with Crippen LogP contribution in [-0.4, -0.2) is 46.4 Å². The first-order valence-corrected chi connectivity index (χ1v) is 8.73. The smallest absolute Gasteiger partial charge is 0.0770 e. The average Bonchev–Trinajstić information content (AvgIpc) is 2.51. The fourth-order valence-corrected chi connectivity index (χ4v) is 2.01.